The van der Waals surface area contributed by atoms with Crippen molar-refractivity contribution in [2.75, 3.05) is 12.5 Å². The van der Waals surface area contributed by atoms with Gasteiger partial charge in [-0.15, -0.1) is 11.6 Å². The van der Waals surface area contributed by atoms with Crippen LogP contribution in [-0.4, -0.2) is 22.5 Å². The van der Waals surface area contributed by atoms with E-state index in [0.29, 0.717) is 5.88 Å². The van der Waals surface area contributed by atoms with Gasteiger partial charge in [0.15, 0.2) is 0 Å². The van der Waals surface area contributed by atoms with Crippen molar-refractivity contribution >= 4 is 36.0 Å². The second kappa shape index (κ2) is 19.3. The Morgan fingerprint density at radius 3 is 1.59 bits per heavy atom. The summed E-state index contributed by atoms with van der Waals surface area (Å²) in [5.74, 6) is 1.12. The zero-order chi connectivity index (χ0) is 19.2. The molecule has 2 rings (SSSR count). The van der Waals surface area contributed by atoms with Crippen LogP contribution in [0.3, 0.4) is 0 Å². The van der Waals surface area contributed by atoms with Gasteiger partial charge in [0.25, 0.3) is 12.9 Å². The minimum Gasteiger partial charge on any atom is -0.796 e. The third-order valence-electron chi connectivity index (χ3n) is 2.61. The molecule has 0 unspecified atom stereocenters. The maximum absolute atomic E-state index is 12.0. The number of thioether (sulfide) groups is 1. The van der Waals surface area contributed by atoms with Gasteiger partial charge in [-0.25, -0.2) is 17.6 Å². The van der Waals surface area contributed by atoms with Crippen molar-refractivity contribution in [3.8, 4) is 0 Å². The van der Waals surface area contributed by atoms with Crippen LogP contribution in [-0.2, 0) is 24.3 Å². The van der Waals surface area contributed by atoms with Crippen LogP contribution >= 0.6 is 23.4 Å². The first kappa shape index (κ1) is 31.6. The van der Waals surface area contributed by atoms with Gasteiger partial charge >= 0.3 is 29.6 Å². The van der Waals surface area contributed by atoms with E-state index in [-0.39, 0.29) is 45.6 Å². The second-order valence-electron chi connectivity index (χ2n) is 4.35. The molecule has 0 N–H and O–H groups in total. The molecule has 0 aliphatic rings. The molecular formula is C16H19ClF5N2NaS2. The summed E-state index contributed by atoms with van der Waals surface area (Å²) in [6, 6.07) is 5.88. The van der Waals surface area contributed by atoms with Gasteiger partial charge in [0, 0.05) is 24.0 Å². The van der Waals surface area contributed by atoms with E-state index in [4.69, 9.17) is 11.6 Å². The summed E-state index contributed by atoms with van der Waals surface area (Å²) in [5.41, 5.74) is 1.36. The van der Waals surface area contributed by atoms with Crippen molar-refractivity contribution in [1.29, 1.82) is 0 Å². The normalized spacial score (nSPS) is 9.26. The first-order valence-electron chi connectivity index (χ1n) is 6.89. The van der Waals surface area contributed by atoms with Crippen molar-refractivity contribution < 1.29 is 51.8 Å². The number of halogens is 6. The predicted molar refractivity (Wildman–Crippen MR) is 101 cm³/mol. The molecule has 0 aliphatic heterocycles. The molecule has 2 heterocycles. The van der Waals surface area contributed by atoms with Crippen molar-refractivity contribution in [2.24, 2.45) is 0 Å². The summed E-state index contributed by atoms with van der Waals surface area (Å²) < 4.78 is 47.8. The van der Waals surface area contributed by atoms with Gasteiger partial charge in [-0.1, -0.05) is 12.1 Å². The number of hydrogen-bond donors (Lipinski definition) is 0. The van der Waals surface area contributed by atoms with E-state index >= 15 is 0 Å². The topological polar surface area (TPSA) is 25.8 Å². The molecule has 0 aromatic carbocycles. The molecule has 148 valence electrons. The van der Waals surface area contributed by atoms with Crippen molar-refractivity contribution in [3.63, 3.8) is 0 Å². The van der Waals surface area contributed by atoms with Crippen LogP contribution in [0.2, 0.25) is 0 Å². The Bertz CT molecular complexity index is 578. The zero-order valence-corrected chi connectivity index (χ0v) is 19.4. The first-order chi connectivity index (χ1) is 12.0. The molecule has 0 amide bonds. The van der Waals surface area contributed by atoms with E-state index in [9.17, 15) is 17.6 Å². The van der Waals surface area contributed by atoms with E-state index in [1.807, 2.05) is 6.26 Å². The van der Waals surface area contributed by atoms with Crippen LogP contribution in [0, 0.1) is 0 Å². The maximum Gasteiger partial charge on any atom is 1.00 e. The molecule has 0 atom stereocenters. The molecule has 0 aliphatic carbocycles. The van der Waals surface area contributed by atoms with Gasteiger partial charge in [-0.05, 0) is 29.5 Å². The average molecular weight is 457 g/mol. The van der Waals surface area contributed by atoms with Crippen LogP contribution in [0.1, 0.15) is 35.4 Å². The van der Waals surface area contributed by atoms with Gasteiger partial charge in [0.05, 0.1) is 0 Å². The Balaban J connectivity index is -0.000000367. The number of aromatic nitrogens is 2. The van der Waals surface area contributed by atoms with E-state index in [2.05, 4.69) is 22.6 Å². The van der Waals surface area contributed by atoms with E-state index < -0.39 is 12.9 Å². The average Bonchev–Trinajstić information content (AvgIpc) is 2.64. The fourth-order valence-electron chi connectivity index (χ4n) is 1.46. The molecule has 0 bridgehead atoms. The summed E-state index contributed by atoms with van der Waals surface area (Å²) >= 11 is 11.2. The van der Waals surface area contributed by atoms with E-state index in [1.165, 1.54) is 24.5 Å². The second-order valence-corrected chi connectivity index (χ2v) is 5.48. The fourth-order valence-corrected chi connectivity index (χ4v) is 2.12. The number of hydrogen-bond acceptors (Lipinski definition) is 4. The van der Waals surface area contributed by atoms with Gasteiger partial charge in [-0.3, -0.25) is 14.7 Å². The third-order valence-corrected chi connectivity index (χ3v) is 3.54. The monoisotopic (exact) mass is 456 g/mol. The molecule has 11 heteroatoms. The third kappa shape index (κ3) is 13.7. The molecule has 2 aromatic rings. The summed E-state index contributed by atoms with van der Waals surface area (Å²) in [5, 5.41) is 0. The molecule has 0 fully saturated rings. The van der Waals surface area contributed by atoms with Crippen LogP contribution in [0.15, 0.2) is 36.7 Å². The molecule has 0 saturated heterocycles. The Morgan fingerprint density at radius 2 is 1.33 bits per heavy atom. The van der Waals surface area contributed by atoms with Crippen molar-refractivity contribution in [1.82, 2.24) is 9.97 Å². The molecule has 0 radical (unpaired) electrons. The summed E-state index contributed by atoms with van der Waals surface area (Å²) in [4.78, 5) is 7.15. The van der Waals surface area contributed by atoms with Crippen molar-refractivity contribution in [2.45, 2.75) is 24.5 Å². The van der Waals surface area contributed by atoms with Crippen LogP contribution in [0.5, 0.6) is 0 Å². The summed E-state index contributed by atoms with van der Waals surface area (Å²) in [6.45, 7) is 0. The first-order valence-corrected chi connectivity index (χ1v) is 9.64. The zero-order valence-electron chi connectivity index (χ0n) is 15.0. The van der Waals surface area contributed by atoms with E-state index in [1.54, 1.807) is 30.2 Å². The molecule has 0 saturated carbocycles. The number of alkyl halides is 5. The van der Waals surface area contributed by atoms with Gasteiger partial charge in [-0.2, -0.15) is 18.0 Å². The minimum absolute atomic E-state index is 0. The molecule has 2 aromatic heterocycles. The number of nitrogens with zero attached hydrogens (tertiary/aromatic N) is 2. The fraction of sp³-hybridized carbons (Fsp3) is 0.375. The summed E-state index contributed by atoms with van der Waals surface area (Å²) in [6.07, 6.45) is 1.43. The van der Waals surface area contributed by atoms with Crippen LogP contribution in [0.4, 0.5) is 22.3 Å². The molecule has 2 nitrogen and oxygen atoms in total. The molecular weight excluding hydrogens is 438 g/mol. The SMILES string of the molecule is CSCc1ccc(C(F)F)nc1.C[S-].F.FC(F)c1ccc(CCl)cn1.[Na+]. The number of rotatable bonds is 5. The Labute approximate surface area is 193 Å². The Hall–Kier alpha value is -0.0600. The van der Waals surface area contributed by atoms with Gasteiger partial charge in [0.1, 0.15) is 11.4 Å². The quantitative estimate of drug-likeness (QED) is 0.299. The van der Waals surface area contributed by atoms with Gasteiger partial charge in [0.2, 0.25) is 0 Å². The predicted octanol–water partition coefficient (Wildman–Crippen LogP) is 2.96. The standard InChI is InChI=1S/C8H9F2NS.C7H6ClF2N.CH4S.FH.Na/c1-12-5-6-2-3-7(8(9)10)11-4-6;8-3-5-1-2-6(7(9)10)11-4-5;1-2;;/h2-4,8H,5H2,1H3;1-2,4,7H,3H2;2H,1H3;1H;/q;;;;+1/p-1. The largest absolute Gasteiger partial charge is 1.00 e. The van der Waals surface area contributed by atoms with Crippen molar-refractivity contribution in [3.05, 3.63) is 59.2 Å². The smallest absolute Gasteiger partial charge is 0.796 e. The minimum atomic E-state index is -2.50. The molecule has 0 spiro atoms. The van der Waals surface area contributed by atoms with Crippen LogP contribution in [0.25, 0.3) is 0 Å². The Morgan fingerprint density at radius 1 is 0.926 bits per heavy atom. The maximum atomic E-state index is 12.0. The molecule has 27 heavy (non-hydrogen) atoms. The Kier molecular flexibility index (Phi) is 22.6. The summed E-state index contributed by atoms with van der Waals surface area (Å²) in [7, 11) is 0. The van der Waals surface area contributed by atoms with Gasteiger partial charge < -0.3 is 12.6 Å². The van der Waals surface area contributed by atoms with Crippen LogP contribution < -0.4 is 29.6 Å². The van der Waals surface area contributed by atoms with E-state index in [0.717, 1.165) is 16.9 Å². The number of pyridine rings is 2.